The molecule has 0 N–H and O–H groups in total. The monoisotopic (exact) mass is 487 g/mol. The SMILES string of the molecule is C#CCOC(=O)c1cnc(-c2cc(-n3c(=O)cc(C(F)(F)F)n(C)c3=O)c(F)cc2Cl)s1. The number of terminal acetylenes is 1. The average Bonchev–Trinajstić information content (AvgIpc) is 3.19. The number of esters is 1. The van der Waals surface area contributed by atoms with Crippen molar-refractivity contribution in [2.24, 2.45) is 7.05 Å². The van der Waals surface area contributed by atoms with Gasteiger partial charge in [-0.2, -0.15) is 13.2 Å². The number of halogens is 5. The average molecular weight is 488 g/mol. The molecule has 166 valence electrons. The summed E-state index contributed by atoms with van der Waals surface area (Å²) in [5, 5.41) is -0.0818. The predicted octanol–water partition coefficient (Wildman–Crippen LogP) is 3.26. The summed E-state index contributed by atoms with van der Waals surface area (Å²) >= 11 is 6.86. The minimum absolute atomic E-state index is 0.0258. The molecule has 32 heavy (non-hydrogen) atoms. The van der Waals surface area contributed by atoms with Crippen LogP contribution in [-0.4, -0.2) is 26.7 Å². The van der Waals surface area contributed by atoms with Gasteiger partial charge in [-0.25, -0.2) is 23.5 Å². The summed E-state index contributed by atoms with van der Waals surface area (Å²) in [6.45, 7) is -0.270. The van der Waals surface area contributed by atoms with Gasteiger partial charge < -0.3 is 4.74 Å². The molecule has 1 aromatic carbocycles. The van der Waals surface area contributed by atoms with Crippen LogP contribution in [0.15, 0.2) is 34.0 Å². The van der Waals surface area contributed by atoms with E-state index in [0.29, 0.717) is 0 Å². The normalized spacial score (nSPS) is 11.3. The number of carbonyl (C=O) groups excluding carboxylic acids is 1. The second kappa shape index (κ2) is 8.60. The summed E-state index contributed by atoms with van der Waals surface area (Å²) in [5.41, 5.74) is -4.93. The summed E-state index contributed by atoms with van der Waals surface area (Å²) < 4.78 is 58.9. The number of benzene rings is 1. The number of thiazole rings is 1. The van der Waals surface area contributed by atoms with E-state index in [1.54, 1.807) is 0 Å². The lowest BCUT2D eigenvalue weighted by Gasteiger charge is -2.15. The zero-order valence-corrected chi connectivity index (χ0v) is 17.4. The highest BCUT2D eigenvalue weighted by atomic mass is 35.5. The zero-order chi connectivity index (χ0) is 23.8. The highest BCUT2D eigenvalue weighted by Gasteiger charge is 2.35. The van der Waals surface area contributed by atoms with Crippen molar-refractivity contribution in [3.63, 3.8) is 0 Å². The third-order valence-electron chi connectivity index (χ3n) is 4.11. The molecule has 0 fully saturated rings. The molecular formula is C19H10ClF4N3O4S. The van der Waals surface area contributed by atoms with Crippen molar-refractivity contribution in [3.8, 4) is 28.6 Å². The largest absolute Gasteiger partial charge is 0.448 e. The van der Waals surface area contributed by atoms with Crippen molar-refractivity contribution in [2.75, 3.05) is 6.61 Å². The number of carbonyl (C=O) groups is 1. The first kappa shape index (κ1) is 23.2. The first-order chi connectivity index (χ1) is 15.0. The maximum atomic E-state index is 14.6. The van der Waals surface area contributed by atoms with Crippen molar-refractivity contribution >= 4 is 28.9 Å². The van der Waals surface area contributed by atoms with Crippen molar-refractivity contribution in [2.45, 2.75) is 6.18 Å². The number of hydrogen-bond acceptors (Lipinski definition) is 6. The Hall–Kier alpha value is -3.43. The Bertz CT molecular complexity index is 1390. The Morgan fingerprint density at radius 1 is 1.31 bits per heavy atom. The van der Waals surface area contributed by atoms with Crippen LogP contribution >= 0.6 is 22.9 Å². The molecule has 0 spiro atoms. The molecule has 0 saturated heterocycles. The van der Waals surface area contributed by atoms with Gasteiger partial charge in [-0.1, -0.05) is 17.5 Å². The van der Waals surface area contributed by atoms with E-state index in [2.05, 4.69) is 10.9 Å². The first-order valence-corrected chi connectivity index (χ1v) is 9.61. The molecule has 0 radical (unpaired) electrons. The summed E-state index contributed by atoms with van der Waals surface area (Å²) in [6.07, 6.45) is 1.20. The zero-order valence-electron chi connectivity index (χ0n) is 15.9. The van der Waals surface area contributed by atoms with Gasteiger partial charge in [0.2, 0.25) is 0 Å². The number of ether oxygens (including phenoxy) is 1. The predicted molar refractivity (Wildman–Crippen MR) is 107 cm³/mol. The van der Waals surface area contributed by atoms with Crippen LogP contribution in [0.5, 0.6) is 0 Å². The molecule has 0 atom stereocenters. The lowest BCUT2D eigenvalue weighted by atomic mass is 10.2. The molecule has 0 aliphatic carbocycles. The molecule has 2 aromatic heterocycles. The molecule has 7 nitrogen and oxygen atoms in total. The molecule has 0 saturated carbocycles. The van der Waals surface area contributed by atoms with Gasteiger partial charge in [0, 0.05) is 18.7 Å². The Kier molecular flexibility index (Phi) is 6.25. The molecule has 3 rings (SSSR count). The first-order valence-electron chi connectivity index (χ1n) is 8.42. The van der Waals surface area contributed by atoms with Crippen LogP contribution in [0.1, 0.15) is 15.4 Å². The maximum absolute atomic E-state index is 14.6. The fourth-order valence-electron chi connectivity index (χ4n) is 2.66. The van der Waals surface area contributed by atoms with E-state index in [4.69, 9.17) is 22.8 Å². The van der Waals surface area contributed by atoms with E-state index in [-0.39, 0.29) is 42.3 Å². The van der Waals surface area contributed by atoms with Gasteiger partial charge in [0.1, 0.15) is 21.4 Å². The summed E-state index contributed by atoms with van der Waals surface area (Å²) in [5.74, 6) is 0.218. The highest BCUT2D eigenvalue weighted by molar-refractivity contribution is 7.16. The van der Waals surface area contributed by atoms with Crippen LogP contribution in [0.3, 0.4) is 0 Å². The molecule has 13 heteroatoms. The van der Waals surface area contributed by atoms with Crippen LogP contribution < -0.4 is 11.2 Å². The van der Waals surface area contributed by atoms with Gasteiger partial charge in [0.15, 0.2) is 6.61 Å². The van der Waals surface area contributed by atoms with E-state index in [9.17, 15) is 31.9 Å². The summed E-state index contributed by atoms with van der Waals surface area (Å²) in [7, 11) is 0.796. The Morgan fingerprint density at radius 2 is 2.00 bits per heavy atom. The minimum Gasteiger partial charge on any atom is -0.448 e. The minimum atomic E-state index is -4.97. The van der Waals surface area contributed by atoms with Gasteiger partial charge in [0.25, 0.3) is 5.56 Å². The van der Waals surface area contributed by atoms with Crippen molar-refractivity contribution in [1.82, 2.24) is 14.1 Å². The van der Waals surface area contributed by atoms with Gasteiger partial charge in [-0.3, -0.25) is 9.36 Å². The van der Waals surface area contributed by atoms with Gasteiger partial charge in [-0.05, 0) is 12.1 Å². The van der Waals surface area contributed by atoms with Gasteiger partial charge in [-0.15, -0.1) is 17.8 Å². The second-order valence-electron chi connectivity index (χ2n) is 6.14. The number of nitrogens with zero attached hydrogens (tertiary/aromatic N) is 3. The van der Waals surface area contributed by atoms with Crippen LogP contribution in [0.2, 0.25) is 5.02 Å². The van der Waals surface area contributed by atoms with Crippen LogP contribution in [0.25, 0.3) is 16.3 Å². The number of hydrogen-bond donors (Lipinski definition) is 0. The molecule has 0 amide bonds. The number of aromatic nitrogens is 3. The fourth-order valence-corrected chi connectivity index (χ4v) is 3.80. The van der Waals surface area contributed by atoms with E-state index < -0.39 is 40.6 Å². The second-order valence-corrected chi connectivity index (χ2v) is 7.57. The smallest absolute Gasteiger partial charge is 0.431 e. The fraction of sp³-hybridized carbons (Fsp3) is 0.158. The highest BCUT2D eigenvalue weighted by Crippen LogP contribution is 2.34. The van der Waals surface area contributed by atoms with Crippen LogP contribution in [-0.2, 0) is 18.0 Å². The van der Waals surface area contributed by atoms with E-state index in [0.717, 1.165) is 36.7 Å². The lowest BCUT2D eigenvalue weighted by molar-refractivity contribution is -0.144. The summed E-state index contributed by atoms with van der Waals surface area (Å²) in [4.78, 5) is 40.7. The summed E-state index contributed by atoms with van der Waals surface area (Å²) in [6, 6.07) is 1.93. The molecule has 2 heterocycles. The number of rotatable bonds is 4. The van der Waals surface area contributed by atoms with E-state index in [1.807, 2.05) is 0 Å². The number of alkyl halides is 3. The van der Waals surface area contributed by atoms with Crippen molar-refractivity contribution < 1.29 is 27.1 Å². The Labute approximate surface area is 185 Å². The van der Waals surface area contributed by atoms with Crippen molar-refractivity contribution in [1.29, 1.82) is 0 Å². The third kappa shape index (κ3) is 4.30. The molecular weight excluding hydrogens is 478 g/mol. The molecule has 0 bridgehead atoms. The Morgan fingerprint density at radius 3 is 2.62 bits per heavy atom. The third-order valence-corrected chi connectivity index (χ3v) is 5.44. The van der Waals surface area contributed by atoms with Crippen LogP contribution in [0.4, 0.5) is 17.6 Å². The van der Waals surface area contributed by atoms with Gasteiger partial charge in [0.05, 0.1) is 16.9 Å². The molecule has 0 unspecified atom stereocenters. The van der Waals surface area contributed by atoms with Gasteiger partial charge >= 0.3 is 17.8 Å². The quantitative estimate of drug-likeness (QED) is 0.320. The molecule has 0 aliphatic rings. The molecule has 0 aliphatic heterocycles. The lowest BCUT2D eigenvalue weighted by Crippen LogP contribution is -2.41. The van der Waals surface area contributed by atoms with Crippen molar-refractivity contribution in [3.05, 3.63) is 66.6 Å². The van der Waals surface area contributed by atoms with E-state index >= 15 is 0 Å². The topological polar surface area (TPSA) is 83.2 Å². The van der Waals surface area contributed by atoms with E-state index in [1.165, 1.54) is 0 Å². The molecule has 3 aromatic rings. The maximum Gasteiger partial charge on any atom is 0.431 e. The van der Waals surface area contributed by atoms with Crippen LogP contribution in [0, 0.1) is 18.2 Å². The standard InChI is InChI=1S/C19H10ClF4N3O4S/c1-3-4-31-17(29)13-8-25-16(32-13)9-5-12(11(21)6-10(9)20)27-15(28)7-14(19(22,23)24)26(2)18(27)30/h1,5-8H,4H2,2H3. The Balaban J connectivity index is 2.16.